The molecule has 0 fully saturated rings. The summed E-state index contributed by atoms with van der Waals surface area (Å²) in [5.74, 6) is -0.722. The molecule has 0 aliphatic rings. The van der Waals surface area contributed by atoms with E-state index in [0.717, 1.165) is 16.6 Å². The van der Waals surface area contributed by atoms with Gasteiger partial charge in [0.2, 0.25) is 0 Å². The predicted octanol–water partition coefficient (Wildman–Crippen LogP) is 6.28. The van der Waals surface area contributed by atoms with Crippen LogP contribution in [0.1, 0.15) is 21.6 Å². The molecule has 4 aromatic rings. The van der Waals surface area contributed by atoms with Gasteiger partial charge in [-0.1, -0.05) is 58.4 Å². The number of hydrogen-bond donors (Lipinski definition) is 0. The van der Waals surface area contributed by atoms with Crippen LogP contribution in [0.25, 0.3) is 21.9 Å². The number of methoxy groups -OCH3 is 1. The van der Waals surface area contributed by atoms with Crippen LogP contribution in [-0.4, -0.2) is 17.6 Å². The average molecular weight is 516 g/mol. The van der Waals surface area contributed by atoms with E-state index in [-0.39, 0.29) is 12.2 Å². The number of ether oxygens (including phenoxy) is 1. The van der Waals surface area contributed by atoms with Gasteiger partial charge in [-0.05, 0) is 46.8 Å². The van der Waals surface area contributed by atoms with E-state index in [0.29, 0.717) is 27.5 Å². The Bertz CT molecular complexity index is 1400. The molecule has 8 heteroatoms. The molecule has 0 unspecified atom stereocenters. The van der Waals surface area contributed by atoms with E-state index in [9.17, 15) is 22.8 Å². The largest absolute Gasteiger partial charge is 0.464 e. The first-order valence-corrected chi connectivity index (χ1v) is 10.7. The van der Waals surface area contributed by atoms with Gasteiger partial charge < -0.3 is 4.74 Å². The minimum atomic E-state index is -4.47. The van der Waals surface area contributed by atoms with E-state index in [2.05, 4.69) is 15.9 Å². The zero-order valence-corrected chi connectivity index (χ0v) is 18.9. The smallest absolute Gasteiger partial charge is 0.416 e. The number of fused-ring (bicyclic) bond motifs is 1. The topological polar surface area (TPSA) is 48.3 Å². The second-order valence-corrected chi connectivity index (χ2v) is 8.27. The van der Waals surface area contributed by atoms with Gasteiger partial charge in [-0.3, -0.25) is 9.36 Å². The molecule has 0 radical (unpaired) electrons. The molecule has 0 saturated heterocycles. The van der Waals surface area contributed by atoms with Gasteiger partial charge in [0, 0.05) is 15.4 Å². The van der Waals surface area contributed by atoms with Gasteiger partial charge >= 0.3 is 12.1 Å². The third-order valence-corrected chi connectivity index (χ3v) is 5.79. The summed E-state index contributed by atoms with van der Waals surface area (Å²) < 4.78 is 45.9. The highest BCUT2D eigenvalue weighted by molar-refractivity contribution is 9.10. The van der Waals surface area contributed by atoms with Crippen LogP contribution in [0, 0.1) is 0 Å². The monoisotopic (exact) mass is 515 g/mol. The van der Waals surface area contributed by atoms with Gasteiger partial charge in [0.1, 0.15) is 5.69 Å². The van der Waals surface area contributed by atoms with Crippen molar-refractivity contribution < 1.29 is 22.7 Å². The number of halogens is 4. The molecule has 0 bridgehead atoms. The maximum Gasteiger partial charge on any atom is 0.416 e. The van der Waals surface area contributed by atoms with Crippen LogP contribution >= 0.6 is 15.9 Å². The molecule has 0 aliphatic carbocycles. The summed E-state index contributed by atoms with van der Waals surface area (Å²) in [5, 5.41) is 0.932. The summed E-state index contributed by atoms with van der Waals surface area (Å²) in [4.78, 5) is 26.4. The number of alkyl halides is 3. The van der Waals surface area contributed by atoms with Crippen LogP contribution in [0.5, 0.6) is 0 Å². The molecule has 1 aromatic heterocycles. The molecule has 0 aliphatic heterocycles. The van der Waals surface area contributed by atoms with Crippen molar-refractivity contribution in [2.45, 2.75) is 12.7 Å². The summed E-state index contributed by atoms with van der Waals surface area (Å²) in [6, 6.07) is 18.7. The van der Waals surface area contributed by atoms with Gasteiger partial charge in [0.25, 0.3) is 5.56 Å². The summed E-state index contributed by atoms with van der Waals surface area (Å²) in [6.45, 7) is -0.104. The normalized spacial score (nSPS) is 11.5. The molecule has 3 aromatic carbocycles. The van der Waals surface area contributed by atoms with Crippen molar-refractivity contribution in [3.05, 3.63) is 104 Å². The maximum absolute atomic E-state index is 13.5. The number of rotatable bonds is 4. The summed E-state index contributed by atoms with van der Waals surface area (Å²) in [5.41, 5.74) is 0.426. The average Bonchev–Trinajstić information content (AvgIpc) is 2.80. The fraction of sp³-hybridized carbons (Fsp3) is 0.120. The number of esters is 1. The Kier molecular flexibility index (Phi) is 6.12. The lowest BCUT2D eigenvalue weighted by molar-refractivity contribution is -0.137. The van der Waals surface area contributed by atoms with Gasteiger partial charge in [-0.25, -0.2) is 4.79 Å². The van der Waals surface area contributed by atoms with Crippen molar-refractivity contribution in [2.75, 3.05) is 7.11 Å². The molecule has 0 spiro atoms. The van der Waals surface area contributed by atoms with Gasteiger partial charge in [-0.2, -0.15) is 13.2 Å². The van der Waals surface area contributed by atoms with E-state index in [4.69, 9.17) is 4.74 Å². The lowest BCUT2D eigenvalue weighted by atomic mass is 9.96. The molecule has 4 rings (SSSR count). The minimum Gasteiger partial charge on any atom is -0.464 e. The van der Waals surface area contributed by atoms with Crippen LogP contribution in [0.15, 0.2) is 82.1 Å². The lowest BCUT2D eigenvalue weighted by Crippen LogP contribution is -2.28. The lowest BCUT2D eigenvalue weighted by Gasteiger charge is -2.19. The van der Waals surface area contributed by atoms with Crippen molar-refractivity contribution >= 4 is 32.7 Å². The highest BCUT2D eigenvalue weighted by Gasteiger charge is 2.30. The van der Waals surface area contributed by atoms with Crippen LogP contribution < -0.4 is 5.56 Å². The van der Waals surface area contributed by atoms with Crippen LogP contribution in [0.2, 0.25) is 0 Å². The zero-order chi connectivity index (χ0) is 23.8. The number of nitrogens with zero attached hydrogens (tertiary/aromatic N) is 1. The number of pyridine rings is 1. The standard InChI is InChI=1S/C25H17BrF3NO3/c1-33-24(32)22-21(16-5-3-2-4-6-16)20-13-18(26)11-12-19(20)23(31)30(22)14-15-7-9-17(10-8-15)25(27,28)29/h2-13H,14H2,1H3. The number of benzene rings is 3. The first-order chi connectivity index (χ1) is 15.7. The first-order valence-electron chi connectivity index (χ1n) is 9.86. The third kappa shape index (κ3) is 4.43. The molecular formula is C25H17BrF3NO3. The fourth-order valence-electron chi connectivity index (χ4n) is 3.76. The zero-order valence-electron chi connectivity index (χ0n) is 17.3. The molecule has 0 atom stereocenters. The second kappa shape index (κ2) is 8.86. The first kappa shape index (κ1) is 22.8. The summed E-state index contributed by atoms with van der Waals surface area (Å²) in [6.07, 6.45) is -4.47. The van der Waals surface area contributed by atoms with Gasteiger partial charge in [-0.15, -0.1) is 0 Å². The Morgan fingerprint density at radius 1 is 0.970 bits per heavy atom. The van der Waals surface area contributed by atoms with E-state index in [1.165, 1.54) is 23.8 Å². The number of aromatic nitrogens is 1. The van der Waals surface area contributed by atoms with Gasteiger partial charge in [0.15, 0.2) is 0 Å². The van der Waals surface area contributed by atoms with E-state index < -0.39 is 23.3 Å². The van der Waals surface area contributed by atoms with Crippen molar-refractivity contribution in [3.8, 4) is 11.1 Å². The molecule has 0 amide bonds. The van der Waals surface area contributed by atoms with E-state index in [1.807, 2.05) is 30.3 Å². The predicted molar refractivity (Wildman–Crippen MR) is 123 cm³/mol. The fourth-order valence-corrected chi connectivity index (χ4v) is 4.12. The van der Waals surface area contributed by atoms with Crippen LogP contribution in [0.3, 0.4) is 0 Å². The van der Waals surface area contributed by atoms with Crippen molar-refractivity contribution in [1.82, 2.24) is 4.57 Å². The minimum absolute atomic E-state index is 0.0270. The molecule has 0 saturated carbocycles. The Morgan fingerprint density at radius 2 is 1.64 bits per heavy atom. The van der Waals surface area contributed by atoms with Gasteiger partial charge in [0.05, 0.1) is 19.2 Å². The Morgan fingerprint density at radius 3 is 2.24 bits per heavy atom. The third-order valence-electron chi connectivity index (χ3n) is 5.30. The highest BCUT2D eigenvalue weighted by Crippen LogP contribution is 2.33. The Labute approximate surface area is 195 Å². The maximum atomic E-state index is 13.5. The van der Waals surface area contributed by atoms with Crippen molar-refractivity contribution in [3.63, 3.8) is 0 Å². The Hall–Kier alpha value is -3.39. The Balaban J connectivity index is 2.01. The summed E-state index contributed by atoms with van der Waals surface area (Å²) >= 11 is 3.42. The molecule has 33 heavy (non-hydrogen) atoms. The summed E-state index contributed by atoms with van der Waals surface area (Å²) in [7, 11) is 1.22. The van der Waals surface area contributed by atoms with E-state index >= 15 is 0 Å². The number of carbonyl (C=O) groups excluding carboxylic acids is 1. The SMILES string of the molecule is COC(=O)c1c(-c2ccccc2)c2cc(Br)ccc2c(=O)n1Cc1ccc(C(F)(F)F)cc1. The van der Waals surface area contributed by atoms with Crippen LogP contribution in [-0.2, 0) is 17.5 Å². The van der Waals surface area contributed by atoms with Crippen molar-refractivity contribution in [2.24, 2.45) is 0 Å². The second-order valence-electron chi connectivity index (χ2n) is 7.36. The number of hydrogen-bond acceptors (Lipinski definition) is 3. The molecular weight excluding hydrogens is 499 g/mol. The van der Waals surface area contributed by atoms with Crippen LogP contribution in [0.4, 0.5) is 13.2 Å². The highest BCUT2D eigenvalue weighted by atomic mass is 79.9. The van der Waals surface area contributed by atoms with E-state index in [1.54, 1.807) is 18.2 Å². The molecule has 168 valence electrons. The molecule has 4 nitrogen and oxygen atoms in total. The number of carbonyl (C=O) groups is 1. The van der Waals surface area contributed by atoms with Crippen molar-refractivity contribution in [1.29, 1.82) is 0 Å². The molecule has 1 heterocycles. The quantitative estimate of drug-likeness (QED) is 0.300. The molecule has 0 N–H and O–H groups in total.